The molecule has 3 nitrogen and oxygen atoms in total. The van der Waals surface area contributed by atoms with Crippen molar-refractivity contribution in [1.29, 1.82) is 0 Å². The summed E-state index contributed by atoms with van der Waals surface area (Å²) in [5, 5.41) is 3.21. The summed E-state index contributed by atoms with van der Waals surface area (Å²) in [5.41, 5.74) is 1.87. The summed E-state index contributed by atoms with van der Waals surface area (Å²) in [6.45, 7) is 5.29. The molecule has 0 aliphatic heterocycles. The van der Waals surface area contributed by atoms with E-state index >= 15 is 0 Å². The minimum atomic E-state index is -0.289. The van der Waals surface area contributed by atoms with Gasteiger partial charge in [-0.2, -0.15) is 0 Å². The number of anilines is 1. The zero-order valence-corrected chi connectivity index (χ0v) is 11.8. The molecule has 1 heterocycles. The van der Waals surface area contributed by atoms with Gasteiger partial charge in [0.2, 0.25) is 0 Å². The Hall–Kier alpha value is -2.10. The van der Waals surface area contributed by atoms with E-state index in [1.54, 1.807) is 12.3 Å². The van der Waals surface area contributed by atoms with Gasteiger partial charge in [0.1, 0.15) is 24.0 Å². The summed E-state index contributed by atoms with van der Waals surface area (Å²) in [5.74, 6) is 1.14. The lowest BCUT2D eigenvalue weighted by molar-refractivity contribution is 0.302. The molecule has 0 unspecified atom stereocenters. The van der Waals surface area contributed by atoms with E-state index in [4.69, 9.17) is 4.74 Å². The van der Waals surface area contributed by atoms with Crippen LogP contribution in [0.4, 0.5) is 10.2 Å². The number of rotatable bonds is 6. The molecule has 20 heavy (non-hydrogen) atoms. The highest BCUT2D eigenvalue weighted by Crippen LogP contribution is 2.20. The first-order valence-corrected chi connectivity index (χ1v) is 6.77. The molecule has 0 bridgehead atoms. The molecule has 0 amide bonds. The fourth-order valence-electron chi connectivity index (χ4n) is 1.76. The lowest BCUT2D eigenvalue weighted by atomic mass is 10.2. The lowest BCUT2D eigenvalue weighted by Crippen LogP contribution is -2.03. The van der Waals surface area contributed by atoms with Crippen LogP contribution >= 0.6 is 0 Å². The molecule has 0 aliphatic carbocycles. The molecular formula is C16H19FN2O. The van der Waals surface area contributed by atoms with E-state index in [0.29, 0.717) is 12.4 Å². The SMILES string of the molecule is CCCNc1ccc(COc2cc(F)ccc2C)cn1. The van der Waals surface area contributed by atoms with Gasteiger partial charge in [-0.05, 0) is 31.0 Å². The van der Waals surface area contributed by atoms with E-state index in [-0.39, 0.29) is 5.82 Å². The number of nitrogens with one attached hydrogen (secondary N) is 1. The highest BCUT2D eigenvalue weighted by molar-refractivity contribution is 5.36. The second kappa shape index (κ2) is 6.89. The topological polar surface area (TPSA) is 34.1 Å². The van der Waals surface area contributed by atoms with Gasteiger partial charge in [0.25, 0.3) is 0 Å². The van der Waals surface area contributed by atoms with Crippen molar-refractivity contribution in [2.45, 2.75) is 26.9 Å². The quantitative estimate of drug-likeness (QED) is 0.866. The normalized spacial score (nSPS) is 10.3. The molecule has 4 heteroatoms. The molecule has 0 radical (unpaired) electrons. The number of pyridine rings is 1. The zero-order valence-electron chi connectivity index (χ0n) is 11.8. The maximum absolute atomic E-state index is 13.1. The Morgan fingerprint density at radius 2 is 2.10 bits per heavy atom. The van der Waals surface area contributed by atoms with E-state index in [1.807, 2.05) is 19.1 Å². The highest BCUT2D eigenvalue weighted by Gasteiger charge is 2.02. The molecule has 0 saturated heterocycles. The summed E-state index contributed by atoms with van der Waals surface area (Å²) in [6.07, 6.45) is 2.83. The molecule has 1 N–H and O–H groups in total. The third-order valence-corrected chi connectivity index (χ3v) is 2.93. The largest absolute Gasteiger partial charge is 0.488 e. The van der Waals surface area contributed by atoms with E-state index in [9.17, 15) is 4.39 Å². The maximum atomic E-state index is 13.1. The Balaban J connectivity index is 1.95. The third-order valence-electron chi connectivity index (χ3n) is 2.93. The summed E-state index contributed by atoms with van der Waals surface area (Å²) < 4.78 is 18.8. The maximum Gasteiger partial charge on any atom is 0.126 e. The molecule has 0 aliphatic rings. The number of benzene rings is 1. The van der Waals surface area contributed by atoms with Gasteiger partial charge in [-0.25, -0.2) is 9.37 Å². The minimum absolute atomic E-state index is 0.289. The van der Waals surface area contributed by atoms with Crippen LogP contribution in [-0.2, 0) is 6.61 Å². The molecular weight excluding hydrogens is 255 g/mol. The van der Waals surface area contributed by atoms with E-state index in [2.05, 4.69) is 17.2 Å². The van der Waals surface area contributed by atoms with Crippen molar-refractivity contribution in [3.63, 3.8) is 0 Å². The van der Waals surface area contributed by atoms with Crippen LogP contribution in [0.15, 0.2) is 36.5 Å². The van der Waals surface area contributed by atoms with E-state index < -0.39 is 0 Å². The number of aromatic nitrogens is 1. The second-order valence-electron chi connectivity index (χ2n) is 4.68. The first kappa shape index (κ1) is 14.3. The standard InChI is InChI=1S/C16H19FN2O/c1-3-8-18-16-7-5-13(10-19-16)11-20-15-9-14(17)6-4-12(15)2/h4-7,9-10H,3,8,11H2,1-2H3,(H,18,19). The van der Waals surface area contributed by atoms with Crippen molar-refractivity contribution >= 4 is 5.82 Å². The van der Waals surface area contributed by atoms with Crippen LogP contribution in [0, 0.1) is 12.7 Å². The average Bonchev–Trinajstić information content (AvgIpc) is 2.47. The Morgan fingerprint density at radius 1 is 1.25 bits per heavy atom. The fourth-order valence-corrected chi connectivity index (χ4v) is 1.76. The Bertz CT molecular complexity index is 555. The van der Waals surface area contributed by atoms with Crippen LogP contribution in [0.1, 0.15) is 24.5 Å². The average molecular weight is 274 g/mol. The van der Waals surface area contributed by atoms with Crippen molar-refractivity contribution in [2.24, 2.45) is 0 Å². The molecule has 2 rings (SSSR count). The fraction of sp³-hybridized carbons (Fsp3) is 0.312. The zero-order chi connectivity index (χ0) is 14.4. The van der Waals surface area contributed by atoms with Crippen molar-refractivity contribution in [2.75, 3.05) is 11.9 Å². The van der Waals surface area contributed by atoms with Gasteiger partial charge < -0.3 is 10.1 Å². The van der Waals surface area contributed by atoms with Crippen LogP contribution in [0.5, 0.6) is 5.75 Å². The van der Waals surface area contributed by atoms with Crippen molar-refractivity contribution in [3.8, 4) is 5.75 Å². The lowest BCUT2D eigenvalue weighted by Gasteiger charge is -2.09. The molecule has 106 valence electrons. The van der Waals surface area contributed by atoms with Gasteiger partial charge in [-0.15, -0.1) is 0 Å². The minimum Gasteiger partial charge on any atom is -0.488 e. The predicted molar refractivity (Wildman–Crippen MR) is 78.5 cm³/mol. The number of ether oxygens (including phenoxy) is 1. The van der Waals surface area contributed by atoms with E-state index in [0.717, 1.165) is 29.9 Å². The molecule has 2 aromatic rings. The van der Waals surface area contributed by atoms with Crippen LogP contribution < -0.4 is 10.1 Å². The van der Waals surface area contributed by atoms with Crippen LogP contribution in [-0.4, -0.2) is 11.5 Å². The Labute approximate surface area is 118 Å². The molecule has 0 atom stereocenters. The number of hydrogen-bond acceptors (Lipinski definition) is 3. The molecule has 1 aromatic carbocycles. The monoisotopic (exact) mass is 274 g/mol. The van der Waals surface area contributed by atoms with Crippen LogP contribution in [0.3, 0.4) is 0 Å². The first-order valence-electron chi connectivity index (χ1n) is 6.77. The third kappa shape index (κ3) is 3.95. The molecule has 0 spiro atoms. The van der Waals surface area contributed by atoms with Gasteiger partial charge in [-0.3, -0.25) is 0 Å². The van der Waals surface area contributed by atoms with Crippen molar-refractivity contribution in [1.82, 2.24) is 4.98 Å². The summed E-state index contributed by atoms with van der Waals surface area (Å²) in [6, 6.07) is 8.42. The van der Waals surface area contributed by atoms with Crippen molar-refractivity contribution in [3.05, 3.63) is 53.5 Å². The number of nitrogens with zero attached hydrogens (tertiary/aromatic N) is 1. The molecule has 0 fully saturated rings. The molecule has 0 saturated carbocycles. The van der Waals surface area contributed by atoms with Crippen LogP contribution in [0.25, 0.3) is 0 Å². The first-order chi connectivity index (χ1) is 9.69. The summed E-state index contributed by atoms with van der Waals surface area (Å²) >= 11 is 0. The molecule has 1 aromatic heterocycles. The van der Waals surface area contributed by atoms with Crippen LogP contribution in [0.2, 0.25) is 0 Å². The number of halogens is 1. The summed E-state index contributed by atoms with van der Waals surface area (Å²) in [4.78, 5) is 4.30. The Morgan fingerprint density at radius 3 is 2.80 bits per heavy atom. The smallest absolute Gasteiger partial charge is 0.126 e. The number of aryl methyl sites for hydroxylation is 1. The van der Waals surface area contributed by atoms with Gasteiger partial charge in [0.15, 0.2) is 0 Å². The second-order valence-corrected chi connectivity index (χ2v) is 4.68. The van der Waals surface area contributed by atoms with Gasteiger partial charge >= 0.3 is 0 Å². The number of hydrogen-bond donors (Lipinski definition) is 1. The highest BCUT2D eigenvalue weighted by atomic mass is 19.1. The summed E-state index contributed by atoms with van der Waals surface area (Å²) in [7, 11) is 0. The van der Waals surface area contributed by atoms with E-state index in [1.165, 1.54) is 12.1 Å². The Kier molecular flexibility index (Phi) is 4.93. The van der Waals surface area contributed by atoms with Gasteiger partial charge in [-0.1, -0.05) is 19.1 Å². The predicted octanol–water partition coefficient (Wildman–Crippen LogP) is 3.93. The van der Waals surface area contributed by atoms with Crippen molar-refractivity contribution < 1.29 is 9.13 Å². The van der Waals surface area contributed by atoms with Gasteiger partial charge in [0.05, 0.1) is 0 Å². The van der Waals surface area contributed by atoms with Gasteiger partial charge in [0, 0.05) is 24.4 Å².